The lowest BCUT2D eigenvalue weighted by Crippen LogP contribution is -2.54. The van der Waals surface area contributed by atoms with Crippen LogP contribution in [0.3, 0.4) is 0 Å². The van der Waals surface area contributed by atoms with E-state index < -0.39 is 28.5 Å². The van der Waals surface area contributed by atoms with E-state index in [1.807, 2.05) is 51.1 Å². The zero-order valence-corrected chi connectivity index (χ0v) is 26.4. The Morgan fingerprint density at radius 3 is 2.28 bits per heavy atom. The second-order valence-corrected chi connectivity index (χ2v) is 13.1. The summed E-state index contributed by atoms with van der Waals surface area (Å²) in [4.78, 5) is 29.7. The molecule has 4 rings (SSSR count). The van der Waals surface area contributed by atoms with Crippen molar-refractivity contribution in [3.63, 3.8) is 0 Å². The third-order valence-corrected chi connectivity index (χ3v) is 9.76. The van der Waals surface area contributed by atoms with Gasteiger partial charge in [-0.1, -0.05) is 80.3 Å². The van der Waals surface area contributed by atoms with E-state index in [1.165, 1.54) is 24.1 Å². The molecule has 3 aromatic rings. The Morgan fingerprint density at radius 2 is 1.63 bits per heavy atom. The number of nitrogens with zero attached hydrogens (tertiary/aromatic N) is 2. The highest BCUT2D eigenvalue weighted by atomic mass is 32.2. The molecule has 1 aliphatic rings. The standard InChI is InChI=1S/C34H43N3O5S/c1-5-30(34(39)35-28-15-8-6-9-16-28)36(23-27-14-12-13-25(2)21-27)33(38)24-37(31-22-26(3)19-20-32(31)42-4)43(40,41)29-17-10-7-11-18-29/h7,10-14,17-22,28,30H,5-6,8-9,15-16,23-24H2,1-4H3,(H,35,39)/t30-/m1/s1. The summed E-state index contributed by atoms with van der Waals surface area (Å²) in [6.07, 6.45) is 5.52. The Balaban J connectivity index is 1.75. The molecule has 1 atom stereocenters. The van der Waals surface area contributed by atoms with Crippen LogP contribution in [0.25, 0.3) is 0 Å². The molecule has 9 heteroatoms. The smallest absolute Gasteiger partial charge is 0.264 e. The molecular weight excluding hydrogens is 562 g/mol. The average molecular weight is 606 g/mol. The average Bonchev–Trinajstić information content (AvgIpc) is 3.00. The fraction of sp³-hybridized carbons (Fsp3) is 0.412. The number of hydrogen-bond donors (Lipinski definition) is 1. The van der Waals surface area contributed by atoms with Gasteiger partial charge in [-0.2, -0.15) is 0 Å². The van der Waals surface area contributed by atoms with E-state index in [2.05, 4.69) is 5.32 Å². The fourth-order valence-electron chi connectivity index (χ4n) is 5.70. The summed E-state index contributed by atoms with van der Waals surface area (Å²) in [5, 5.41) is 3.18. The molecule has 0 spiro atoms. The number of methoxy groups -OCH3 is 1. The largest absolute Gasteiger partial charge is 0.495 e. The molecule has 2 amide bonds. The van der Waals surface area contributed by atoms with E-state index in [9.17, 15) is 18.0 Å². The first-order valence-electron chi connectivity index (χ1n) is 15.0. The lowest BCUT2D eigenvalue weighted by Gasteiger charge is -2.34. The van der Waals surface area contributed by atoms with Crippen molar-refractivity contribution in [1.82, 2.24) is 10.2 Å². The van der Waals surface area contributed by atoms with Crippen molar-refractivity contribution in [3.8, 4) is 5.75 Å². The van der Waals surface area contributed by atoms with Crippen LogP contribution in [0.2, 0.25) is 0 Å². The van der Waals surface area contributed by atoms with Crippen molar-refractivity contribution in [2.75, 3.05) is 18.0 Å². The molecule has 3 aromatic carbocycles. The Morgan fingerprint density at radius 1 is 0.930 bits per heavy atom. The van der Waals surface area contributed by atoms with Gasteiger partial charge >= 0.3 is 0 Å². The first kappa shape index (κ1) is 32.1. The Bertz CT molecular complexity index is 1500. The maximum atomic E-state index is 14.4. The maximum Gasteiger partial charge on any atom is 0.264 e. The Labute approximate surface area is 256 Å². The van der Waals surface area contributed by atoms with Crippen molar-refractivity contribution >= 4 is 27.5 Å². The second-order valence-electron chi connectivity index (χ2n) is 11.3. The van der Waals surface area contributed by atoms with Gasteiger partial charge in [-0.3, -0.25) is 13.9 Å². The Kier molecular flexibility index (Phi) is 10.9. The van der Waals surface area contributed by atoms with Crippen LogP contribution >= 0.6 is 0 Å². The molecule has 1 saturated carbocycles. The molecule has 0 saturated heterocycles. The van der Waals surface area contributed by atoms with E-state index in [0.29, 0.717) is 12.2 Å². The number of rotatable bonds is 12. The number of ether oxygens (including phenoxy) is 1. The van der Waals surface area contributed by atoms with Gasteiger partial charge in [-0.15, -0.1) is 0 Å². The normalized spacial score (nSPS) is 14.5. The summed E-state index contributed by atoms with van der Waals surface area (Å²) in [5.74, 6) is -0.360. The topological polar surface area (TPSA) is 96.0 Å². The highest BCUT2D eigenvalue weighted by molar-refractivity contribution is 7.92. The minimum Gasteiger partial charge on any atom is -0.495 e. The number of carbonyl (C=O) groups is 2. The van der Waals surface area contributed by atoms with Gasteiger partial charge in [0, 0.05) is 12.6 Å². The minimum atomic E-state index is -4.18. The molecular formula is C34H43N3O5S. The number of anilines is 1. The van der Waals surface area contributed by atoms with Crippen molar-refractivity contribution in [3.05, 3.63) is 89.5 Å². The molecule has 0 bridgehead atoms. The van der Waals surface area contributed by atoms with Crippen molar-refractivity contribution < 1.29 is 22.7 Å². The first-order chi connectivity index (χ1) is 20.6. The fourth-order valence-corrected chi connectivity index (χ4v) is 7.14. The van der Waals surface area contributed by atoms with E-state index in [0.717, 1.165) is 53.1 Å². The molecule has 1 N–H and O–H groups in total. The summed E-state index contributed by atoms with van der Waals surface area (Å²) < 4.78 is 34.9. The number of amides is 2. The van der Waals surface area contributed by atoms with E-state index in [4.69, 9.17) is 4.74 Å². The molecule has 0 heterocycles. The van der Waals surface area contributed by atoms with Gasteiger partial charge in [0.25, 0.3) is 10.0 Å². The van der Waals surface area contributed by atoms with Crippen LogP contribution in [0.1, 0.15) is 62.1 Å². The molecule has 43 heavy (non-hydrogen) atoms. The SMILES string of the molecule is CC[C@H](C(=O)NC1CCCCC1)N(Cc1cccc(C)c1)C(=O)CN(c1cc(C)ccc1OC)S(=O)(=O)c1ccccc1. The lowest BCUT2D eigenvalue weighted by atomic mass is 9.95. The summed E-state index contributed by atoms with van der Waals surface area (Å²) in [5.41, 5.74) is 2.96. The van der Waals surface area contributed by atoms with E-state index >= 15 is 0 Å². The highest BCUT2D eigenvalue weighted by Crippen LogP contribution is 2.34. The third-order valence-electron chi connectivity index (χ3n) is 7.99. The van der Waals surface area contributed by atoms with Crippen LogP contribution in [0.4, 0.5) is 5.69 Å². The van der Waals surface area contributed by atoms with E-state index in [-0.39, 0.29) is 29.1 Å². The summed E-state index contributed by atoms with van der Waals surface area (Å²) in [6, 6.07) is 20.4. The van der Waals surface area contributed by atoms with Crippen LogP contribution in [0, 0.1) is 13.8 Å². The van der Waals surface area contributed by atoms with Gasteiger partial charge in [0.1, 0.15) is 18.3 Å². The Hall–Kier alpha value is -3.85. The number of benzene rings is 3. The lowest BCUT2D eigenvalue weighted by molar-refractivity contribution is -0.140. The van der Waals surface area contributed by atoms with Crippen LogP contribution in [0.5, 0.6) is 5.75 Å². The molecule has 0 unspecified atom stereocenters. The summed E-state index contributed by atoms with van der Waals surface area (Å²) in [7, 11) is -2.71. The van der Waals surface area contributed by atoms with Crippen LogP contribution < -0.4 is 14.4 Å². The monoisotopic (exact) mass is 605 g/mol. The molecule has 0 aliphatic heterocycles. The number of aryl methyl sites for hydroxylation is 2. The third kappa shape index (κ3) is 7.96. The quantitative estimate of drug-likeness (QED) is 0.283. The van der Waals surface area contributed by atoms with Crippen molar-refractivity contribution in [2.45, 2.75) is 82.8 Å². The number of hydrogen-bond acceptors (Lipinski definition) is 5. The minimum absolute atomic E-state index is 0.0543. The number of nitrogens with one attached hydrogen (secondary N) is 1. The van der Waals surface area contributed by atoms with Gasteiger partial charge < -0.3 is 15.0 Å². The second kappa shape index (κ2) is 14.6. The van der Waals surface area contributed by atoms with Crippen LogP contribution in [-0.2, 0) is 26.2 Å². The molecule has 0 aromatic heterocycles. The molecule has 1 aliphatic carbocycles. The van der Waals surface area contributed by atoms with Gasteiger partial charge in [-0.05, 0) is 68.5 Å². The first-order valence-corrected chi connectivity index (χ1v) is 16.5. The molecule has 230 valence electrons. The zero-order chi connectivity index (χ0) is 31.0. The summed E-state index contributed by atoms with van der Waals surface area (Å²) in [6.45, 7) is 5.37. The van der Waals surface area contributed by atoms with Gasteiger partial charge in [0.15, 0.2) is 0 Å². The molecule has 0 radical (unpaired) electrons. The predicted molar refractivity (Wildman–Crippen MR) is 170 cm³/mol. The van der Waals surface area contributed by atoms with Crippen LogP contribution in [0.15, 0.2) is 77.7 Å². The summed E-state index contributed by atoms with van der Waals surface area (Å²) >= 11 is 0. The van der Waals surface area contributed by atoms with Crippen molar-refractivity contribution in [2.24, 2.45) is 0 Å². The highest BCUT2D eigenvalue weighted by Gasteiger charge is 2.35. The van der Waals surface area contributed by atoms with E-state index in [1.54, 1.807) is 30.3 Å². The van der Waals surface area contributed by atoms with Crippen LogP contribution in [-0.4, -0.2) is 50.9 Å². The molecule has 8 nitrogen and oxygen atoms in total. The number of sulfonamides is 1. The van der Waals surface area contributed by atoms with Gasteiger partial charge in [-0.25, -0.2) is 8.42 Å². The van der Waals surface area contributed by atoms with Gasteiger partial charge in [0.05, 0.1) is 17.7 Å². The van der Waals surface area contributed by atoms with Gasteiger partial charge in [0.2, 0.25) is 11.8 Å². The predicted octanol–water partition coefficient (Wildman–Crippen LogP) is 5.76. The zero-order valence-electron chi connectivity index (χ0n) is 25.6. The maximum absolute atomic E-state index is 14.4. The van der Waals surface area contributed by atoms with Crippen molar-refractivity contribution in [1.29, 1.82) is 0 Å². The molecule has 1 fully saturated rings. The number of carbonyl (C=O) groups excluding carboxylic acids is 2.